The van der Waals surface area contributed by atoms with Crippen molar-refractivity contribution in [2.24, 2.45) is 0 Å². The summed E-state index contributed by atoms with van der Waals surface area (Å²) in [6, 6.07) is 5.53. The van der Waals surface area contributed by atoms with Crippen LogP contribution in [-0.2, 0) is 9.53 Å². The van der Waals surface area contributed by atoms with E-state index in [0.717, 1.165) is 15.9 Å². The summed E-state index contributed by atoms with van der Waals surface area (Å²) in [7, 11) is 3.21. The SMILES string of the molecule is COCC(C)NC(=O)CNc1cc(OC)ccc1Br. The van der Waals surface area contributed by atoms with Crippen LogP contribution in [0.1, 0.15) is 6.92 Å². The van der Waals surface area contributed by atoms with Crippen molar-refractivity contribution in [3.8, 4) is 5.75 Å². The van der Waals surface area contributed by atoms with Crippen LogP contribution in [0.4, 0.5) is 5.69 Å². The van der Waals surface area contributed by atoms with Crippen molar-refractivity contribution < 1.29 is 14.3 Å². The molecule has 0 spiro atoms. The Bertz CT molecular complexity index is 426. The molecule has 0 aliphatic rings. The van der Waals surface area contributed by atoms with Crippen molar-refractivity contribution in [1.29, 1.82) is 0 Å². The van der Waals surface area contributed by atoms with Crippen LogP contribution >= 0.6 is 15.9 Å². The molecule has 1 amide bonds. The molecule has 1 unspecified atom stereocenters. The molecule has 1 atom stereocenters. The summed E-state index contributed by atoms with van der Waals surface area (Å²) in [5.74, 6) is 0.651. The third-order valence-electron chi connectivity index (χ3n) is 2.44. The van der Waals surface area contributed by atoms with Crippen LogP contribution in [0.5, 0.6) is 5.75 Å². The maximum Gasteiger partial charge on any atom is 0.239 e. The highest BCUT2D eigenvalue weighted by Crippen LogP contribution is 2.26. The topological polar surface area (TPSA) is 59.6 Å². The Morgan fingerprint density at radius 2 is 2.16 bits per heavy atom. The third-order valence-corrected chi connectivity index (χ3v) is 3.13. The number of halogens is 1. The molecule has 2 N–H and O–H groups in total. The highest BCUT2D eigenvalue weighted by atomic mass is 79.9. The second-order valence-corrected chi connectivity index (χ2v) is 4.98. The van der Waals surface area contributed by atoms with Gasteiger partial charge in [-0.05, 0) is 35.0 Å². The Kier molecular flexibility index (Phi) is 6.66. The fourth-order valence-corrected chi connectivity index (χ4v) is 1.95. The first-order valence-electron chi connectivity index (χ1n) is 5.92. The summed E-state index contributed by atoms with van der Waals surface area (Å²) < 4.78 is 11.0. The van der Waals surface area contributed by atoms with Gasteiger partial charge < -0.3 is 20.1 Å². The van der Waals surface area contributed by atoms with Crippen molar-refractivity contribution in [2.45, 2.75) is 13.0 Å². The molecule has 5 nitrogen and oxygen atoms in total. The molecule has 0 fully saturated rings. The van der Waals surface area contributed by atoms with Gasteiger partial charge in [-0.3, -0.25) is 4.79 Å². The average molecular weight is 331 g/mol. The van der Waals surface area contributed by atoms with E-state index in [1.807, 2.05) is 25.1 Å². The van der Waals surface area contributed by atoms with Crippen LogP contribution in [0, 0.1) is 0 Å². The van der Waals surface area contributed by atoms with Gasteiger partial charge >= 0.3 is 0 Å². The number of anilines is 1. The highest BCUT2D eigenvalue weighted by Gasteiger charge is 2.08. The van der Waals surface area contributed by atoms with Crippen LogP contribution in [0.15, 0.2) is 22.7 Å². The Hall–Kier alpha value is -1.27. The Balaban J connectivity index is 2.50. The highest BCUT2D eigenvalue weighted by molar-refractivity contribution is 9.10. The predicted octanol–water partition coefficient (Wildman–Crippen LogP) is 2.02. The lowest BCUT2D eigenvalue weighted by Crippen LogP contribution is -2.39. The van der Waals surface area contributed by atoms with E-state index in [9.17, 15) is 4.79 Å². The van der Waals surface area contributed by atoms with E-state index in [-0.39, 0.29) is 18.5 Å². The summed E-state index contributed by atoms with van der Waals surface area (Å²) in [6.07, 6.45) is 0. The molecule has 0 saturated carbocycles. The van der Waals surface area contributed by atoms with Crippen molar-refractivity contribution in [3.63, 3.8) is 0 Å². The molecule has 0 saturated heterocycles. The van der Waals surface area contributed by atoms with Gasteiger partial charge in [-0.2, -0.15) is 0 Å². The second-order valence-electron chi connectivity index (χ2n) is 4.12. The largest absolute Gasteiger partial charge is 0.497 e. The minimum absolute atomic E-state index is 0.00644. The number of amides is 1. The van der Waals surface area contributed by atoms with Crippen LogP contribution < -0.4 is 15.4 Å². The van der Waals surface area contributed by atoms with Crippen LogP contribution in [0.2, 0.25) is 0 Å². The fourth-order valence-electron chi connectivity index (χ4n) is 1.56. The van der Waals surface area contributed by atoms with E-state index in [2.05, 4.69) is 26.6 Å². The number of benzene rings is 1. The molecule has 19 heavy (non-hydrogen) atoms. The maximum atomic E-state index is 11.7. The molecular formula is C13H19BrN2O3. The van der Waals surface area contributed by atoms with E-state index in [1.165, 1.54) is 0 Å². The van der Waals surface area contributed by atoms with Gasteiger partial charge in [-0.1, -0.05) is 0 Å². The molecule has 6 heteroatoms. The van der Waals surface area contributed by atoms with Gasteiger partial charge in [-0.15, -0.1) is 0 Å². The second kappa shape index (κ2) is 8.01. The van der Waals surface area contributed by atoms with E-state index in [0.29, 0.717) is 6.61 Å². The predicted molar refractivity (Wildman–Crippen MR) is 78.7 cm³/mol. The minimum Gasteiger partial charge on any atom is -0.497 e. The third kappa shape index (κ3) is 5.48. The number of ether oxygens (including phenoxy) is 2. The Morgan fingerprint density at radius 3 is 2.79 bits per heavy atom. The first-order chi connectivity index (χ1) is 9.06. The molecule has 1 rings (SSSR count). The normalized spacial score (nSPS) is 11.8. The molecule has 0 aromatic heterocycles. The first-order valence-corrected chi connectivity index (χ1v) is 6.71. The molecule has 0 radical (unpaired) electrons. The first kappa shape index (κ1) is 15.8. The van der Waals surface area contributed by atoms with Crippen molar-refractivity contribution in [2.75, 3.05) is 32.7 Å². The van der Waals surface area contributed by atoms with Gasteiger partial charge in [0.1, 0.15) is 5.75 Å². The van der Waals surface area contributed by atoms with E-state index in [1.54, 1.807) is 14.2 Å². The van der Waals surface area contributed by atoms with Crippen molar-refractivity contribution >= 4 is 27.5 Å². The molecule has 0 bridgehead atoms. The molecule has 0 aliphatic heterocycles. The van der Waals surface area contributed by atoms with E-state index in [4.69, 9.17) is 9.47 Å². The molecular weight excluding hydrogens is 312 g/mol. The zero-order valence-corrected chi connectivity index (χ0v) is 12.9. The van der Waals surface area contributed by atoms with Gasteiger partial charge in [-0.25, -0.2) is 0 Å². The lowest BCUT2D eigenvalue weighted by atomic mass is 10.3. The molecule has 0 aliphatic carbocycles. The van der Waals surface area contributed by atoms with E-state index < -0.39 is 0 Å². The number of hydrogen-bond acceptors (Lipinski definition) is 4. The lowest BCUT2D eigenvalue weighted by Gasteiger charge is -2.14. The number of hydrogen-bond donors (Lipinski definition) is 2. The van der Waals surface area contributed by atoms with Crippen molar-refractivity contribution in [1.82, 2.24) is 5.32 Å². The summed E-state index contributed by atoms with van der Waals surface area (Å²) in [5.41, 5.74) is 0.814. The van der Waals surface area contributed by atoms with Gasteiger partial charge in [0.25, 0.3) is 0 Å². The fraction of sp³-hybridized carbons (Fsp3) is 0.462. The number of carbonyl (C=O) groups excluding carboxylic acids is 1. The lowest BCUT2D eigenvalue weighted by molar-refractivity contribution is -0.120. The van der Waals surface area contributed by atoms with Gasteiger partial charge in [0.15, 0.2) is 0 Å². The standard InChI is InChI=1S/C13H19BrN2O3/c1-9(8-18-2)16-13(17)7-15-12-6-10(19-3)4-5-11(12)14/h4-6,9,15H,7-8H2,1-3H3,(H,16,17). The Morgan fingerprint density at radius 1 is 1.42 bits per heavy atom. The van der Waals surface area contributed by atoms with Crippen LogP contribution in [0.25, 0.3) is 0 Å². The van der Waals surface area contributed by atoms with Gasteiger partial charge in [0.05, 0.1) is 25.9 Å². The maximum absolute atomic E-state index is 11.7. The molecule has 1 aromatic rings. The molecule has 106 valence electrons. The smallest absolute Gasteiger partial charge is 0.239 e. The summed E-state index contributed by atoms with van der Waals surface area (Å²) in [5, 5.41) is 5.88. The molecule has 1 aromatic carbocycles. The van der Waals surface area contributed by atoms with Crippen molar-refractivity contribution in [3.05, 3.63) is 22.7 Å². The number of methoxy groups -OCH3 is 2. The quantitative estimate of drug-likeness (QED) is 0.803. The zero-order valence-electron chi connectivity index (χ0n) is 11.3. The van der Waals surface area contributed by atoms with Gasteiger partial charge in [0, 0.05) is 23.7 Å². The van der Waals surface area contributed by atoms with E-state index >= 15 is 0 Å². The monoisotopic (exact) mass is 330 g/mol. The van der Waals surface area contributed by atoms with Crippen LogP contribution in [0.3, 0.4) is 0 Å². The number of rotatable bonds is 7. The van der Waals surface area contributed by atoms with Crippen LogP contribution in [-0.4, -0.2) is 39.3 Å². The summed E-state index contributed by atoms with van der Waals surface area (Å²) in [4.78, 5) is 11.7. The number of nitrogens with one attached hydrogen (secondary N) is 2. The average Bonchev–Trinajstić information content (AvgIpc) is 2.38. The molecule has 0 heterocycles. The summed E-state index contributed by atoms with van der Waals surface area (Å²) in [6.45, 7) is 2.58. The van der Waals surface area contributed by atoms with Gasteiger partial charge in [0.2, 0.25) is 5.91 Å². The number of carbonyl (C=O) groups is 1. The summed E-state index contributed by atoms with van der Waals surface area (Å²) >= 11 is 3.42. The zero-order chi connectivity index (χ0) is 14.3. The Labute approximate surface area is 121 Å². The minimum atomic E-state index is -0.0840.